The van der Waals surface area contributed by atoms with Gasteiger partial charge in [-0.2, -0.15) is 0 Å². The Morgan fingerprint density at radius 1 is 0.295 bits per heavy atom. The molecule has 0 amide bonds. The first-order valence-electron chi connectivity index (χ1n) is 42.6. The van der Waals surface area contributed by atoms with Crippen molar-refractivity contribution in [3.63, 3.8) is 0 Å². The van der Waals surface area contributed by atoms with Gasteiger partial charge in [-0.15, -0.1) is 0 Å². The van der Waals surface area contributed by atoms with E-state index in [1.165, 1.54) is 358 Å². The molecule has 552 valence electrons. The summed E-state index contributed by atoms with van der Waals surface area (Å²) in [6.07, 6.45) is 83.0. The largest absolute Gasteiger partial charge is 0.463 e. The molecule has 0 aromatic heterocycles. The van der Waals surface area contributed by atoms with E-state index in [1.807, 2.05) is 0 Å². The Morgan fingerprint density at radius 2 is 0.537 bits per heavy atom. The molecule has 2 saturated carbocycles. The highest BCUT2D eigenvalue weighted by Crippen LogP contribution is 2.53. The molecule has 2 aromatic carbocycles. The van der Waals surface area contributed by atoms with Gasteiger partial charge >= 0.3 is 17.2 Å². The lowest BCUT2D eigenvalue weighted by atomic mass is 9.60. The maximum absolute atomic E-state index is 7.04. The summed E-state index contributed by atoms with van der Waals surface area (Å²) < 4.78 is 40.7. The Kier molecular flexibility index (Phi) is 55.7. The van der Waals surface area contributed by atoms with E-state index in [2.05, 4.69) is 90.1 Å². The number of benzene rings is 2. The first-order chi connectivity index (χ1) is 46.8. The summed E-state index contributed by atoms with van der Waals surface area (Å²) in [5.74, 6) is 3.11. The molecule has 6 nitrogen and oxygen atoms in total. The molecule has 95 heavy (non-hydrogen) atoms. The first-order valence-corrected chi connectivity index (χ1v) is 44.8. The summed E-state index contributed by atoms with van der Waals surface area (Å²) in [7, 11) is -2.97. The van der Waals surface area contributed by atoms with Crippen molar-refractivity contribution in [2.24, 2.45) is 17.3 Å². The van der Waals surface area contributed by atoms with E-state index in [0.29, 0.717) is 11.8 Å². The van der Waals surface area contributed by atoms with Crippen LogP contribution in [0.3, 0.4) is 0 Å². The Bertz CT molecular complexity index is 1840. The number of hydrogen-bond acceptors (Lipinski definition) is 6. The van der Waals surface area contributed by atoms with Crippen molar-refractivity contribution in [3.8, 4) is 11.5 Å². The normalized spacial score (nSPS) is 17.0. The number of hydrogen-bond donors (Lipinski definition) is 0. The van der Waals surface area contributed by atoms with Crippen LogP contribution in [-0.2, 0) is 30.9 Å². The van der Waals surface area contributed by atoms with E-state index in [1.54, 1.807) is 0 Å². The van der Waals surface area contributed by atoms with Gasteiger partial charge in [0.15, 0.2) is 0 Å². The second kappa shape index (κ2) is 61.4. The average Bonchev–Trinajstić information content (AvgIpc) is 0.848. The molecule has 0 atom stereocenters. The van der Waals surface area contributed by atoms with Crippen molar-refractivity contribution in [1.82, 2.24) is 0 Å². The van der Waals surface area contributed by atoms with Gasteiger partial charge in [-0.05, 0) is 143 Å². The predicted octanol–water partition coefficient (Wildman–Crippen LogP) is 31.3. The van der Waals surface area contributed by atoms with Gasteiger partial charge in [-0.25, -0.2) is 0 Å². The fourth-order valence-electron chi connectivity index (χ4n) is 15.5. The van der Waals surface area contributed by atoms with Crippen molar-refractivity contribution >= 4 is 17.2 Å². The van der Waals surface area contributed by atoms with Gasteiger partial charge in [0.25, 0.3) is 0 Å². The molecular formula is C87H158O6P2. The van der Waals surface area contributed by atoms with Gasteiger partial charge in [-0.3, -0.25) is 4.52 Å². The third-order valence-corrected chi connectivity index (χ3v) is 24.6. The van der Waals surface area contributed by atoms with Crippen LogP contribution in [0.25, 0.3) is 0 Å². The highest BCUT2D eigenvalue weighted by atomic mass is 31.2. The van der Waals surface area contributed by atoms with Crippen molar-refractivity contribution in [1.29, 1.82) is 0 Å². The number of unbranched alkanes of at least 4 members (excludes halogenated alkanes) is 48. The van der Waals surface area contributed by atoms with Crippen LogP contribution >= 0.6 is 17.2 Å². The fourth-order valence-corrected chi connectivity index (χ4v) is 17.8. The van der Waals surface area contributed by atoms with E-state index in [-0.39, 0.29) is 17.6 Å². The lowest BCUT2D eigenvalue weighted by Gasteiger charge is -2.46. The summed E-state index contributed by atoms with van der Waals surface area (Å²) in [4.78, 5) is 0. The molecule has 0 heterocycles. The van der Waals surface area contributed by atoms with E-state index in [0.717, 1.165) is 76.1 Å². The third-order valence-electron chi connectivity index (χ3n) is 22.1. The highest BCUT2D eigenvalue weighted by Gasteiger charge is 2.42. The van der Waals surface area contributed by atoms with Crippen molar-refractivity contribution < 1.29 is 27.1 Å². The van der Waals surface area contributed by atoms with Crippen molar-refractivity contribution in [2.45, 2.75) is 452 Å². The molecule has 0 spiro atoms. The fraction of sp³-hybridized carbons (Fsp3) is 0.862. The SMILES string of the molecule is CCCCCCCCCCCCCCCOP(OCCCCCCCCCCCCCCC)OC1CCC(C(C)(C)C2CCC(OP(Oc3cccc(CCCCCCCCCCCCCCC)c3)Oc3cccc(CCCCCCCCCCCCCCC)c3)CC2)CC1. The molecule has 2 fully saturated rings. The van der Waals surface area contributed by atoms with Crippen LogP contribution in [0.2, 0.25) is 0 Å². The molecule has 2 aliphatic rings. The maximum atomic E-state index is 7.04. The Labute approximate surface area is 594 Å². The van der Waals surface area contributed by atoms with Crippen LogP contribution in [0.4, 0.5) is 0 Å². The minimum absolute atomic E-state index is 0.124. The summed E-state index contributed by atoms with van der Waals surface area (Å²) in [5.41, 5.74) is 2.97. The first kappa shape index (κ1) is 86.1. The van der Waals surface area contributed by atoms with Gasteiger partial charge in [0.2, 0.25) is 0 Å². The molecule has 0 aliphatic heterocycles. The smallest absolute Gasteiger partial charge is 0.418 e. The van der Waals surface area contributed by atoms with Gasteiger partial charge in [-0.1, -0.05) is 374 Å². The monoisotopic (exact) mass is 1360 g/mol. The minimum atomic E-state index is -1.65. The highest BCUT2D eigenvalue weighted by molar-refractivity contribution is 7.42. The predicted molar refractivity (Wildman–Crippen MR) is 418 cm³/mol. The van der Waals surface area contributed by atoms with Gasteiger partial charge in [0, 0.05) is 0 Å². The minimum Gasteiger partial charge on any atom is -0.418 e. The molecule has 8 heteroatoms. The van der Waals surface area contributed by atoms with E-state index in [9.17, 15) is 0 Å². The molecule has 2 aliphatic carbocycles. The van der Waals surface area contributed by atoms with Crippen LogP contribution in [-0.4, -0.2) is 25.4 Å². The van der Waals surface area contributed by atoms with Crippen LogP contribution in [0.5, 0.6) is 11.5 Å². The molecular weight excluding hydrogens is 1200 g/mol. The Hall–Kier alpha value is -1.26. The third kappa shape index (κ3) is 46.1. The topological polar surface area (TPSA) is 55.4 Å². The van der Waals surface area contributed by atoms with Crippen LogP contribution in [0.1, 0.15) is 438 Å². The zero-order valence-electron chi connectivity index (χ0n) is 64.0. The number of aryl methyl sites for hydroxylation is 2. The molecule has 2 aromatic rings. The van der Waals surface area contributed by atoms with Gasteiger partial charge < -0.3 is 22.6 Å². The maximum Gasteiger partial charge on any atom is 0.463 e. The molecule has 4 rings (SSSR count). The molecule has 0 saturated heterocycles. The second-order valence-electron chi connectivity index (χ2n) is 31.0. The summed E-state index contributed by atoms with van der Waals surface area (Å²) >= 11 is 0. The summed E-state index contributed by atoms with van der Waals surface area (Å²) in [6, 6.07) is 17.7. The lowest BCUT2D eigenvalue weighted by Crippen LogP contribution is -2.38. The second-order valence-corrected chi connectivity index (χ2v) is 33.2. The van der Waals surface area contributed by atoms with Gasteiger partial charge in [0.1, 0.15) is 11.5 Å². The average molecular weight is 1360 g/mol. The zero-order chi connectivity index (χ0) is 67.4. The van der Waals surface area contributed by atoms with Crippen molar-refractivity contribution in [2.75, 3.05) is 13.2 Å². The van der Waals surface area contributed by atoms with Gasteiger partial charge in [0.05, 0.1) is 25.4 Å². The summed E-state index contributed by atoms with van der Waals surface area (Å²) in [6.45, 7) is 15.9. The van der Waals surface area contributed by atoms with E-state index in [4.69, 9.17) is 27.1 Å². The number of rotatable bonds is 68. The molecule has 0 N–H and O–H groups in total. The molecule has 0 radical (unpaired) electrons. The Balaban J connectivity index is 1.24. The standard InChI is InChI=1S/C87H158O6P2/c1-7-11-15-19-23-27-31-35-39-43-47-51-55-61-79-63-59-65-85(77-79)92-95(93-86-66-60-64-80(78-86)62-56-52-48-44-40-36-32-28-24-20-16-12-8-2)91-84-73-69-82(70-74-84)87(5,6)81-67-71-83(72-68-81)90-94(88-75-57-53-49-45-41-37-33-29-25-21-17-13-9-3)89-76-58-54-50-46-42-38-34-30-26-22-18-14-10-4/h59-60,63-66,77-78,81-84H,7-58,61-62,67-76H2,1-6H3. The van der Waals surface area contributed by atoms with Crippen LogP contribution in [0, 0.1) is 17.3 Å². The van der Waals surface area contributed by atoms with E-state index < -0.39 is 17.2 Å². The molecule has 0 bridgehead atoms. The van der Waals surface area contributed by atoms with Crippen LogP contribution in [0.15, 0.2) is 48.5 Å². The quantitative estimate of drug-likeness (QED) is 0.0486. The van der Waals surface area contributed by atoms with Crippen molar-refractivity contribution in [3.05, 3.63) is 59.7 Å². The Morgan fingerprint density at radius 3 is 0.811 bits per heavy atom. The zero-order valence-corrected chi connectivity index (χ0v) is 65.8. The lowest BCUT2D eigenvalue weighted by molar-refractivity contribution is 0.00530. The molecule has 0 unspecified atom stereocenters. The van der Waals surface area contributed by atoms with E-state index >= 15 is 0 Å². The van der Waals surface area contributed by atoms with Crippen LogP contribution < -0.4 is 9.05 Å². The summed E-state index contributed by atoms with van der Waals surface area (Å²) in [5, 5.41) is 0.